The lowest BCUT2D eigenvalue weighted by atomic mass is 9.80. The van der Waals surface area contributed by atoms with Crippen molar-refractivity contribution >= 4 is 11.0 Å². The van der Waals surface area contributed by atoms with Crippen LogP contribution in [0.5, 0.6) is 0 Å². The molecule has 5 heteroatoms. The zero-order valence-electron chi connectivity index (χ0n) is 16.1. The average molecular weight is 374 g/mol. The van der Waals surface area contributed by atoms with Crippen molar-refractivity contribution in [2.75, 3.05) is 0 Å². The third-order valence-electron chi connectivity index (χ3n) is 6.16. The molecule has 4 N–H and O–H groups in total. The van der Waals surface area contributed by atoms with Gasteiger partial charge in [-0.25, -0.2) is 4.98 Å². The largest absolute Gasteiger partial charge is 0.342 e. The number of para-hydroxylation sites is 2. The third-order valence-corrected chi connectivity index (χ3v) is 6.16. The van der Waals surface area contributed by atoms with Crippen LogP contribution in [0.4, 0.5) is 0 Å². The molecule has 5 nitrogen and oxygen atoms in total. The number of pyridine rings is 1. The highest BCUT2D eigenvalue weighted by Gasteiger charge is 2.35. The van der Waals surface area contributed by atoms with Gasteiger partial charge in [-0.2, -0.15) is 0 Å². The fourth-order valence-electron chi connectivity index (χ4n) is 4.72. The van der Waals surface area contributed by atoms with E-state index in [0.29, 0.717) is 0 Å². The van der Waals surface area contributed by atoms with E-state index < -0.39 is 0 Å². The number of nitrogens with one attached hydrogen (secondary N) is 2. The molecule has 0 saturated carbocycles. The minimum absolute atomic E-state index is 0.141. The monoisotopic (exact) mass is 373 g/mol. The molecule has 28 heavy (non-hydrogen) atoms. The molecule has 0 fully saturated rings. The minimum atomic E-state index is -0.152. The highest BCUT2D eigenvalue weighted by atomic mass is 15.0. The minimum Gasteiger partial charge on any atom is -0.342 e. The molecule has 0 bridgehead atoms. The van der Waals surface area contributed by atoms with Crippen LogP contribution in [0, 0.1) is 0 Å². The molecule has 2 aromatic heterocycles. The summed E-state index contributed by atoms with van der Waals surface area (Å²) >= 11 is 0. The van der Waals surface area contributed by atoms with Gasteiger partial charge in [-0.3, -0.25) is 10.3 Å². The summed E-state index contributed by atoms with van der Waals surface area (Å²) in [6.07, 6.45) is 12.6. The van der Waals surface area contributed by atoms with Crippen LogP contribution >= 0.6 is 0 Å². The van der Waals surface area contributed by atoms with Crippen molar-refractivity contribution in [1.29, 1.82) is 0 Å². The van der Waals surface area contributed by atoms with Crippen molar-refractivity contribution in [3.63, 3.8) is 0 Å². The van der Waals surface area contributed by atoms with E-state index in [2.05, 4.69) is 40.7 Å². The lowest BCUT2D eigenvalue weighted by Crippen LogP contribution is -2.51. The molecule has 5 rings (SSSR count). The lowest BCUT2D eigenvalue weighted by molar-refractivity contribution is 0.280. The molecule has 144 valence electrons. The molecule has 0 spiro atoms. The summed E-state index contributed by atoms with van der Waals surface area (Å²) in [7, 11) is 0. The van der Waals surface area contributed by atoms with Gasteiger partial charge in [-0.15, -0.1) is 0 Å². The summed E-state index contributed by atoms with van der Waals surface area (Å²) < 4.78 is 0. The Labute approximate surface area is 165 Å². The second-order valence-corrected chi connectivity index (χ2v) is 8.23. The van der Waals surface area contributed by atoms with E-state index in [4.69, 9.17) is 15.7 Å². The van der Waals surface area contributed by atoms with Crippen molar-refractivity contribution in [2.24, 2.45) is 5.73 Å². The van der Waals surface area contributed by atoms with Crippen molar-refractivity contribution in [3.8, 4) is 0 Å². The van der Waals surface area contributed by atoms with Gasteiger partial charge in [-0.1, -0.05) is 30.4 Å². The first-order valence-corrected chi connectivity index (χ1v) is 10.3. The number of nitrogens with two attached hydrogens (primary N) is 1. The molecule has 3 aromatic rings. The molecule has 2 aliphatic rings. The van der Waals surface area contributed by atoms with Gasteiger partial charge in [0.1, 0.15) is 5.82 Å². The fourth-order valence-corrected chi connectivity index (χ4v) is 4.72. The maximum Gasteiger partial charge on any atom is 0.109 e. The Balaban J connectivity index is 1.47. The first kappa shape index (κ1) is 17.6. The van der Waals surface area contributed by atoms with Gasteiger partial charge in [0, 0.05) is 24.2 Å². The Morgan fingerprint density at radius 3 is 2.96 bits per heavy atom. The predicted molar refractivity (Wildman–Crippen MR) is 112 cm³/mol. The number of H-pyrrole nitrogens is 1. The number of aromatic amines is 1. The zero-order valence-corrected chi connectivity index (χ0v) is 16.1. The smallest absolute Gasteiger partial charge is 0.109 e. The van der Waals surface area contributed by atoms with E-state index in [1.54, 1.807) is 0 Å². The third kappa shape index (κ3) is 3.36. The van der Waals surface area contributed by atoms with Crippen LogP contribution in [0.2, 0.25) is 0 Å². The molecular weight excluding hydrogens is 346 g/mol. The summed E-state index contributed by atoms with van der Waals surface area (Å²) in [4.78, 5) is 13.1. The maximum absolute atomic E-state index is 6.17. The van der Waals surface area contributed by atoms with Crippen LogP contribution in [-0.4, -0.2) is 26.5 Å². The Morgan fingerprint density at radius 1 is 1.18 bits per heavy atom. The van der Waals surface area contributed by atoms with Gasteiger partial charge in [-0.05, 0) is 55.9 Å². The molecule has 2 aliphatic carbocycles. The van der Waals surface area contributed by atoms with Crippen LogP contribution in [-0.2, 0) is 12.8 Å². The van der Waals surface area contributed by atoms with E-state index in [0.717, 1.165) is 49.0 Å². The SMILES string of the molecule is N[C@@H]1C=C[C@@](Cc2nc3ccccc3[nH]2)(NC2CCCc3cccnc32)CC1. The molecule has 3 atom stereocenters. The summed E-state index contributed by atoms with van der Waals surface area (Å²) in [5.74, 6) is 1.02. The second kappa shape index (κ2) is 7.15. The number of benzene rings is 1. The van der Waals surface area contributed by atoms with Crippen LogP contribution in [0.15, 0.2) is 54.7 Å². The Kier molecular flexibility index (Phi) is 4.49. The number of aryl methyl sites for hydroxylation is 1. The second-order valence-electron chi connectivity index (χ2n) is 8.23. The number of hydrogen-bond donors (Lipinski definition) is 3. The molecule has 1 unspecified atom stereocenters. The lowest BCUT2D eigenvalue weighted by Gasteiger charge is -2.40. The summed E-state index contributed by atoms with van der Waals surface area (Å²) in [5.41, 5.74) is 10.7. The van der Waals surface area contributed by atoms with Crippen molar-refractivity contribution < 1.29 is 0 Å². The molecule has 0 radical (unpaired) electrons. The first-order valence-electron chi connectivity index (χ1n) is 10.3. The van der Waals surface area contributed by atoms with E-state index in [-0.39, 0.29) is 17.6 Å². The van der Waals surface area contributed by atoms with Gasteiger partial charge in [0.25, 0.3) is 0 Å². The molecule has 2 heterocycles. The van der Waals surface area contributed by atoms with E-state index in [9.17, 15) is 0 Å². The van der Waals surface area contributed by atoms with Gasteiger partial charge in [0.2, 0.25) is 0 Å². The quantitative estimate of drug-likeness (QED) is 0.611. The first-order chi connectivity index (χ1) is 13.7. The van der Waals surface area contributed by atoms with Crippen LogP contribution in [0.25, 0.3) is 11.0 Å². The van der Waals surface area contributed by atoms with Gasteiger partial charge >= 0.3 is 0 Å². The Bertz CT molecular complexity index is 974. The van der Waals surface area contributed by atoms with Crippen molar-refractivity contribution in [1.82, 2.24) is 20.3 Å². The fraction of sp³-hybridized carbons (Fsp3) is 0.391. The van der Waals surface area contributed by atoms with Gasteiger partial charge in [0.05, 0.1) is 22.8 Å². The highest BCUT2D eigenvalue weighted by Crippen LogP contribution is 2.34. The van der Waals surface area contributed by atoms with E-state index in [1.807, 2.05) is 24.4 Å². The van der Waals surface area contributed by atoms with Crippen LogP contribution in [0.3, 0.4) is 0 Å². The standard InChI is InChI=1S/C23H27N5/c24-17-10-12-23(13-11-17,15-21-26-18-7-1-2-8-19(18)27-21)28-20-9-3-5-16-6-4-14-25-22(16)20/h1-2,4,6-8,10,12,14,17,20,28H,3,5,9,11,13,15,24H2,(H,26,27)/t17-,20?,23-/m1/s1. The summed E-state index contributed by atoms with van der Waals surface area (Å²) in [6.45, 7) is 0. The number of hydrogen-bond acceptors (Lipinski definition) is 4. The molecule has 0 aliphatic heterocycles. The summed E-state index contributed by atoms with van der Waals surface area (Å²) in [5, 5.41) is 3.98. The molecule has 0 saturated heterocycles. The van der Waals surface area contributed by atoms with Gasteiger partial charge in [0.15, 0.2) is 0 Å². The Hall–Kier alpha value is -2.50. The van der Waals surface area contributed by atoms with Gasteiger partial charge < -0.3 is 10.7 Å². The Morgan fingerprint density at radius 2 is 2.11 bits per heavy atom. The number of imidazole rings is 1. The van der Waals surface area contributed by atoms with Crippen LogP contribution < -0.4 is 11.1 Å². The molecule has 0 amide bonds. The average Bonchev–Trinajstić information content (AvgIpc) is 3.13. The number of nitrogens with zero attached hydrogens (tertiary/aromatic N) is 2. The van der Waals surface area contributed by atoms with Crippen molar-refractivity contribution in [2.45, 2.75) is 56.1 Å². The highest BCUT2D eigenvalue weighted by molar-refractivity contribution is 5.74. The maximum atomic E-state index is 6.17. The normalized spacial score (nSPS) is 27.0. The number of rotatable bonds is 4. The van der Waals surface area contributed by atoms with E-state index in [1.165, 1.54) is 17.7 Å². The molecular formula is C23H27N5. The topological polar surface area (TPSA) is 79.6 Å². The van der Waals surface area contributed by atoms with Crippen LogP contribution in [0.1, 0.15) is 48.8 Å². The van der Waals surface area contributed by atoms with Crippen molar-refractivity contribution in [3.05, 3.63) is 71.8 Å². The number of fused-ring (bicyclic) bond motifs is 2. The number of aromatic nitrogens is 3. The predicted octanol–water partition coefficient (Wildman–Crippen LogP) is 3.58. The summed E-state index contributed by atoms with van der Waals surface area (Å²) in [6, 6.07) is 12.9. The van der Waals surface area contributed by atoms with E-state index >= 15 is 0 Å². The molecule has 1 aromatic carbocycles. The zero-order chi connectivity index (χ0) is 19.0.